The highest BCUT2D eigenvalue weighted by molar-refractivity contribution is 6.36. The highest BCUT2D eigenvalue weighted by Gasteiger charge is 2.22. The first kappa shape index (κ1) is 15.9. The Labute approximate surface area is 130 Å². The molecule has 4 heteroatoms. The minimum Gasteiger partial charge on any atom is -0.443 e. The third kappa shape index (κ3) is 3.41. The minimum absolute atomic E-state index is 0.0333. The lowest BCUT2D eigenvalue weighted by atomic mass is 9.86. The Morgan fingerprint density at radius 1 is 1.14 bits per heavy atom. The van der Waals surface area contributed by atoms with Gasteiger partial charge in [-0.25, -0.2) is 4.79 Å². The molecule has 21 heavy (non-hydrogen) atoms. The average molecular weight is 308 g/mol. The number of hydrogen-bond donors (Lipinski definition) is 0. The second kappa shape index (κ2) is 5.06. The molecule has 1 aromatic carbocycles. The lowest BCUT2D eigenvalue weighted by Crippen LogP contribution is -2.26. The normalized spacial score (nSPS) is 12.7. The van der Waals surface area contributed by atoms with Crippen LogP contribution in [0.15, 0.2) is 24.4 Å². The summed E-state index contributed by atoms with van der Waals surface area (Å²) in [5, 5.41) is 1.43. The molecule has 0 bridgehead atoms. The number of hydrogen-bond acceptors (Lipinski definition) is 2. The van der Waals surface area contributed by atoms with Crippen molar-refractivity contribution in [3.05, 3.63) is 35.0 Å². The van der Waals surface area contributed by atoms with Crippen LogP contribution >= 0.6 is 11.6 Å². The number of ether oxygens (including phenoxy) is 1. The average Bonchev–Trinajstić information content (AvgIpc) is 2.63. The molecule has 0 fully saturated rings. The van der Waals surface area contributed by atoms with Crippen LogP contribution in [-0.2, 0) is 10.2 Å². The summed E-state index contributed by atoms with van der Waals surface area (Å²) in [6.07, 6.45) is 1.20. The van der Waals surface area contributed by atoms with Gasteiger partial charge in [-0.2, -0.15) is 0 Å². The predicted molar refractivity (Wildman–Crippen MR) is 87.3 cm³/mol. The lowest BCUT2D eigenvalue weighted by molar-refractivity contribution is 0.0544. The van der Waals surface area contributed by atoms with E-state index in [2.05, 4.69) is 20.8 Å². The van der Waals surface area contributed by atoms with Crippen LogP contribution in [-0.4, -0.2) is 16.3 Å². The molecule has 2 rings (SSSR count). The van der Waals surface area contributed by atoms with Crippen molar-refractivity contribution >= 4 is 28.6 Å². The van der Waals surface area contributed by atoms with Crippen LogP contribution in [0.25, 0.3) is 10.9 Å². The monoisotopic (exact) mass is 307 g/mol. The molecule has 0 N–H and O–H groups in total. The molecule has 0 spiro atoms. The van der Waals surface area contributed by atoms with E-state index in [1.165, 1.54) is 10.1 Å². The number of halogens is 1. The fourth-order valence-electron chi connectivity index (χ4n) is 2.12. The van der Waals surface area contributed by atoms with E-state index in [1.54, 1.807) is 6.20 Å². The zero-order valence-corrected chi connectivity index (χ0v) is 14.2. The van der Waals surface area contributed by atoms with Gasteiger partial charge in [-0.3, -0.25) is 4.57 Å². The topological polar surface area (TPSA) is 31.2 Å². The molecule has 1 aromatic heterocycles. The van der Waals surface area contributed by atoms with Gasteiger partial charge >= 0.3 is 6.09 Å². The molecule has 0 saturated carbocycles. The first-order valence-electron chi connectivity index (χ1n) is 7.03. The Kier molecular flexibility index (Phi) is 3.83. The molecule has 0 atom stereocenters. The van der Waals surface area contributed by atoms with Crippen molar-refractivity contribution in [3.63, 3.8) is 0 Å². The first-order chi connectivity index (χ1) is 9.49. The largest absolute Gasteiger partial charge is 0.443 e. The predicted octanol–water partition coefficient (Wildman–Crippen LogP) is 5.38. The highest BCUT2D eigenvalue weighted by atomic mass is 35.5. The van der Waals surface area contributed by atoms with E-state index in [-0.39, 0.29) is 5.41 Å². The van der Waals surface area contributed by atoms with Gasteiger partial charge < -0.3 is 4.74 Å². The zero-order chi connectivity index (χ0) is 16.0. The number of aromatic nitrogens is 1. The minimum atomic E-state index is -0.536. The number of rotatable bonds is 0. The second-order valence-corrected chi connectivity index (χ2v) is 7.72. The maximum atomic E-state index is 12.3. The molecule has 3 nitrogen and oxygen atoms in total. The molecule has 0 saturated heterocycles. The standard InChI is InChI=1S/C17H22ClNO2/c1-16(2,3)11-7-8-14-12(9-11)13(18)10-19(14)15(20)21-17(4,5)6/h7-10H,1-6H3. The first-order valence-corrected chi connectivity index (χ1v) is 7.41. The Bertz CT molecular complexity index is 687. The maximum Gasteiger partial charge on any atom is 0.419 e. The summed E-state index contributed by atoms with van der Waals surface area (Å²) < 4.78 is 6.88. The van der Waals surface area contributed by atoms with Crippen LogP contribution in [0.1, 0.15) is 47.1 Å². The smallest absolute Gasteiger partial charge is 0.419 e. The van der Waals surface area contributed by atoms with Gasteiger partial charge in [-0.15, -0.1) is 0 Å². The fourth-order valence-corrected chi connectivity index (χ4v) is 2.37. The highest BCUT2D eigenvalue weighted by Crippen LogP contribution is 2.31. The van der Waals surface area contributed by atoms with Crippen LogP contribution in [0.4, 0.5) is 4.79 Å². The van der Waals surface area contributed by atoms with Crippen molar-refractivity contribution in [2.75, 3.05) is 0 Å². The van der Waals surface area contributed by atoms with E-state index in [1.807, 2.05) is 39.0 Å². The van der Waals surface area contributed by atoms with Gasteiger partial charge in [0.2, 0.25) is 0 Å². The second-order valence-electron chi connectivity index (χ2n) is 7.31. The van der Waals surface area contributed by atoms with Crippen molar-refractivity contribution in [1.29, 1.82) is 0 Å². The quantitative estimate of drug-likeness (QED) is 0.654. The molecule has 114 valence electrons. The van der Waals surface area contributed by atoms with Gasteiger partial charge in [-0.05, 0) is 43.9 Å². The number of carbonyl (C=O) groups excluding carboxylic acids is 1. The van der Waals surface area contributed by atoms with Crippen LogP contribution in [0.3, 0.4) is 0 Å². The molecule has 1 heterocycles. The summed E-state index contributed by atoms with van der Waals surface area (Å²) >= 11 is 6.29. The molecule has 0 radical (unpaired) electrons. The Hall–Kier alpha value is -1.48. The number of nitrogens with zero attached hydrogens (tertiary/aromatic N) is 1. The van der Waals surface area contributed by atoms with Gasteiger partial charge in [0.1, 0.15) is 5.60 Å². The number of fused-ring (bicyclic) bond motifs is 1. The molecule has 0 amide bonds. The van der Waals surface area contributed by atoms with Crippen molar-refractivity contribution in [2.45, 2.75) is 52.6 Å². The molecule has 2 aromatic rings. The van der Waals surface area contributed by atoms with Crippen molar-refractivity contribution in [1.82, 2.24) is 4.57 Å². The Balaban J connectivity index is 2.52. The van der Waals surface area contributed by atoms with Gasteiger partial charge in [0.05, 0.1) is 10.5 Å². The van der Waals surface area contributed by atoms with Gasteiger partial charge in [0.15, 0.2) is 0 Å². The van der Waals surface area contributed by atoms with E-state index in [4.69, 9.17) is 16.3 Å². The lowest BCUT2D eigenvalue weighted by Gasteiger charge is -2.20. The van der Waals surface area contributed by atoms with Gasteiger partial charge in [0, 0.05) is 11.6 Å². The molecule has 0 aliphatic rings. The van der Waals surface area contributed by atoms with Crippen molar-refractivity contribution < 1.29 is 9.53 Å². The van der Waals surface area contributed by atoms with Crippen LogP contribution in [0.5, 0.6) is 0 Å². The Morgan fingerprint density at radius 3 is 2.29 bits per heavy atom. The maximum absolute atomic E-state index is 12.3. The van der Waals surface area contributed by atoms with E-state index < -0.39 is 11.7 Å². The molecule has 0 aliphatic carbocycles. The summed E-state index contributed by atoms with van der Waals surface area (Å²) in [6.45, 7) is 12.0. The summed E-state index contributed by atoms with van der Waals surface area (Å²) in [4.78, 5) is 12.3. The van der Waals surface area contributed by atoms with E-state index in [9.17, 15) is 4.79 Å². The summed E-state index contributed by atoms with van der Waals surface area (Å²) in [7, 11) is 0. The number of benzene rings is 1. The Morgan fingerprint density at radius 2 is 1.76 bits per heavy atom. The molecule has 0 aliphatic heterocycles. The van der Waals surface area contributed by atoms with Crippen molar-refractivity contribution in [2.24, 2.45) is 0 Å². The van der Waals surface area contributed by atoms with Crippen LogP contribution < -0.4 is 0 Å². The van der Waals surface area contributed by atoms with E-state index >= 15 is 0 Å². The summed E-state index contributed by atoms with van der Waals surface area (Å²) in [5.41, 5.74) is 1.44. The van der Waals surface area contributed by atoms with Crippen LogP contribution in [0.2, 0.25) is 5.02 Å². The molecular formula is C17H22ClNO2. The van der Waals surface area contributed by atoms with Crippen molar-refractivity contribution in [3.8, 4) is 0 Å². The van der Waals surface area contributed by atoms with Crippen LogP contribution in [0, 0.1) is 0 Å². The molecular weight excluding hydrogens is 286 g/mol. The zero-order valence-electron chi connectivity index (χ0n) is 13.5. The summed E-state index contributed by atoms with van der Waals surface area (Å²) in [5.74, 6) is 0. The van der Waals surface area contributed by atoms with E-state index in [0.717, 1.165) is 10.9 Å². The van der Waals surface area contributed by atoms with Gasteiger partial charge in [-0.1, -0.05) is 38.4 Å². The third-order valence-electron chi connectivity index (χ3n) is 3.21. The molecule has 0 unspecified atom stereocenters. The third-order valence-corrected chi connectivity index (χ3v) is 3.51. The fraction of sp³-hybridized carbons (Fsp3) is 0.471. The summed E-state index contributed by atoms with van der Waals surface area (Å²) in [6, 6.07) is 5.99. The van der Waals surface area contributed by atoms with E-state index in [0.29, 0.717) is 5.02 Å². The number of carbonyl (C=O) groups is 1. The SMILES string of the molecule is CC(C)(C)OC(=O)n1cc(Cl)c2cc(C(C)(C)C)ccc21. The van der Waals surface area contributed by atoms with Gasteiger partial charge in [0.25, 0.3) is 0 Å².